The van der Waals surface area contributed by atoms with Crippen LogP contribution >= 0.6 is 0 Å². The lowest BCUT2D eigenvalue weighted by Gasteiger charge is -2.23. The molecule has 3 atom stereocenters. The van der Waals surface area contributed by atoms with Gasteiger partial charge in [0.25, 0.3) is 0 Å². The quantitative estimate of drug-likeness (QED) is 0.883. The number of fused-ring (bicyclic) bond motifs is 1. The van der Waals surface area contributed by atoms with Gasteiger partial charge in [-0.15, -0.1) is 0 Å². The fourth-order valence-corrected chi connectivity index (χ4v) is 3.67. The second-order valence-electron chi connectivity index (χ2n) is 5.89. The lowest BCUT2D eigenvalue weighted by atomic mass is 9.85. The van der Waals surface area contributed by atoms with E-state index in [0.717, 1.165) is 23.7 Å². The molecule has 2 nitrogen and oxygen atoms in total. The molecule has 2 heteroatoms. The molecule has 3 unspecified atom stereocenters. The molecule has 19 heavy (non-hydrogen) atoms. The molecule has 0 spiro atoms. The van der Waals surface area contributed by atoms with Crippen LogP contribution in [0.2, 0.25) is 0 Å². The van der Waals surface area contributed by atoms with Gasteiger partial charge in [-0.3, -0.25) is 0 Å². The van der Waals surface area contributed by atoms with Crippen molar-refractivity contribution in [2.24, 2.45) is 17.6 Å². The Balaban J connectivity index is 2.07. The summed E-state index contributed by atoms with van der Waals surface area (Å²) in [5, 5.41) is 1.21. The second kappa shape index (κ2) is 5.01. The van der Waals surface area contributed by atoms with E-state index in [1.54, 1.807) is 0 Å². The largest absolute Gasteiger partial charge is 0.461 e. The lowest BCUT2D eigenvalue weighted by Crippen LogP contribution is -2.24. The smallest absolute Gasteiger partial charge is 0.134 e. The molecule has 3 rings (SSSR count). The van der Waals surface area contributed by atoms with Crippen LogP contribution < -0.4 is 5.73 Å². The van der Waals surface area contributed by atoms with E-state index < -0.39 is 0 Å². The minimum absolute atomic E-state index is 0.121. The van der Waals surface area contributed by atoms with Crippen LogP contribution in [0.25, 0.3) is 11.0 Å². The minimum Gasteiger partial charge on any atom is -0.461 e. The molecule has 2 aromatic rings. The Morgan fingerprint density at radius 3 is 2.79 bits per heavy atom. The highest BCUT2D eigenvalue weighted by atomic mass is 16.3. The van der Waals surface area contributed by atoms with Gasteiger partial charge in [0.05, 0.1) is 0 Å². The summed E-state index contributed by atoms with van der Waals surface area (Å²) in [6.07, 6.45) is 4.80. The van der Waals surface area contributed by atoms with Gasteiger partial charge in [0, 0.05) is 23.4 Å². The van der Waals surface area contributed by atoms with Crippen molar-refractivity contribution in [2.45, 2.75) is 45.6 Å². The molecule has 1 saturated carbocycles. The molecule has 1 aromatic heterocycles. The number of hydrogen-bond acceptors (Lipinski definition) is 2. The zero-order valence-corrected chi connectivity index (χ0v) is 11.9. The van der Waals surface area contributed by atoms with Crippen LogP contribution in [-0.2, 0) is 6.42 Å². The van der Waals surface area contributed by atoms with E-state index in [0.29, 0.717) is 5.92 Å². The van der Waals surface area contributed by atoms with Crippen molar-refractivity contribution >= 4 is 11.0 Å². The van der Waals surface area contributed by atoms with Gasteiger partial charge in [0.2, 0.25) is 0 Å². The fraction of sp³-hybridized carbons (Fsp3) is 0.529. The molecule has 1 aromatic carbocycles. The first-order valence-electron chi connectivity index (χ1n) is 7.48. The Labute approximate surface area is 115 Å². The number of rotatable bonds is 3. The molecule has 0 aliphatic heterocycles. The number of hydrogen-bond donors (Lipinski definition) is 1. The highest BCUT2D eigenvalue weighted by Crippen LogP contribution is 2.42. The van der Waals surface area contributed by atoms with Gasteiger partial charge in [0.1, 0.15) is 11.3 Å². The van der Waals surface area contributed by atoms with E-state index >= 15 is 0 Å². The van der Waals surface area contributed by atoms with Crippen LogP contribution in [0.3, 0.4) is 0 Å². The normalized spacial score (nSPS) is 25.0. The van der Waals surface area contributed by atoms with Crippen molar-refractivity contribution in [3.05, 3.63) is 35.6 Å². The summed E-state index contributed by atoms with van der Waals surface area (Å²) in [6, 6.07) is 8.41. The van der Waals surface area contributed by atoms with Gasteiger partial charge in [-0.05, 0) is 24.3 Å². The molecule has 102 valence electrons. The summed E-state index contributed by atoms with van der Waals surface area (Å²) in [5.41, 5.74) is 8.86. The van der Waals surface area contributed by atoms with Crippen LogP contribution in [0, 0.1) is 11.8 Å². The highest BCUT2D eigenvalue weighted by Gasteiger charge is 2.32. The Kier molecular flexibility index (Phi) is 3.36. The van der Waals surface area contributed by atoms with E-state index in [-0.39, 0.29) is 6.04 Å². The number of aryl methyl sites for hydroxylation is 1. The first-order chi connectivity index (χ1) is 9.22. The molecule has 0 saturated heterocycles. The Hall–Kier alpha value is -1.28. The van der Waals surface area contributed by atoms with Crippen molar-refractivity contribution in [1.29, 1.82) is 0 Å². The highest BCUT2D eigenvalue weighted by molar-refractivity contribution is 5.82. The van der Waals surface area contributed by atoms with Gasteiger partial charge >= 0.3 is 0 Å². The maximum Gasteiger partial charge on any atom is 0.134 e. The fourth-order valence-electron chi connectivity index (χ4n) is 3.67. The summed E-state index contributed by atoms with van der Waals surface area (Å²) < 4.78 is 5.98. The van der Waals surface area contributed by atoms with E-state index in [2.05, 4.69) is 26.0 Å². The third-order valence-electron chi connectivity index (χ3n) is 4.75. The number of para-hydroxylation sites is 1. The summed E-state index contributed by atoms with van der Waals surface area (Å²) in [7, 11) is 0. The maximum absolute atomic E-state index is 6.62. The minimum atomic E-state index is 0.121. The molecular formula is C17H23NO. The third kappa shape index (κ3) is 2.08. The maximum atomic E-state index is 6.62. The molecular weight excluding hydrogens is 234 g/mol. The van der Waals surface area contributed by atoms with Crippen LogP contribution in [0.5, 0.6) is 0 Å². The summed E-state index contributed by atoms with van der Waals surface area (Å²) in [5.74, 6) is 2.41. The van der Waals surface area contributed by atoms with Crippen LogP contribution in [0.4, 0.5) is 0 Å². The lowest BCUT2D eigenvalue weighted by molar-refractivity contribution is 0.347. The molecule has 1 heterocycles. The van der Waals surface area contributed by atoms with Crippen molar-refractivity contribution in [3.8, 4) is 0 Å². The van der Waals surface area contributed by atoms with Crippen LogP contribution in [0.1, 0.15) is 50.5 Å². The molecule has 0 bridgehead atoms. The molecule has 2 N–H and O–H groups in total. The average Bonchev–Trinajstić information content (AvgIpc) is 3.01. The van der Waals surface area contributed by atoms with Crippen molar-refractivity contribution in [3.63, 3.8) is 0 Å². The summed E-state index contributed by atoms with van der Waals surface area (Å²) >= 11 is 0. The predicted octanol–water partition coefficient (Wildman–Crippen LogP) is 4.43. The van der Waals surface area contributed by atoms with Crippen molar-refractivity contribution in [1.82, 2.24) is 0 Å². The number of nitrogens with two attached hydrogens (primary N) is 1. The molecule has 0 amide bonds. The van der Waals surface area contributed by atoms with Crippen molar-refractivity contribution < 1.29 is 4.42 Å². The van der Waals surface area contributed by atoms with Gasteiger partial charge in [-0.25, -0.2) is 0 Å². The van der Waals surface area contributed by atoms with Crippen molar-refractivity contribution in [2.75, 3.05) is 0 Å². The number of benzene rings is 1. The first-order valence-corrected chi connectivity index (χ1v) is 7.48. The Morgan fingerprint density at radius 1 is 1.32 bits per heavy atom. The predicted molar refractivity (Wildman–Crippen MR) is 79.0 cm³/mol. The van der Waals surface area contributed by atoms with E-state index in [1.165, 1.54) is 30.2 Å². The van der Waals surface area contributed by atoms with E-state index in [1.807, 2.05) is 12.1 Å². The first kappa shape index (κ1) is 12.7. The molecule has 1 fully saturated rings. The Bertz CT molecular complexity index is 572. The van der Waals surface area contributed by atoms with E-state index in [9.17, 15) is 0 Å². The molecule has 1 aliphatic rings. The topological polar surface area (TPSA) is 39.2 Å². The van der Waals surface area contributed by atoms with Gasteiger partial charge in [-0.2, -0.15) is 0 Å². The summed E-state index contributed by atoms with van der Waals surface area (Å²) in [4.78, 5) is 0. The van der Waals surface area contributed by atoms with E-state index in [4.69, 9.17) is 10.2 Å². The third-order valence-corrected chi connectivity index (χ3v) is 4.75. The zero-order valence-electron chi connectivity index (χ0n) is 11.9. The molecule has 1 aliphatic carbocycles. The summed E-state index contributed by atoms with van der Waals surface area (Å²) in [6.45, 7) is 4.48. The SMILES string of the molecule is CCc1oc2ccccc2c1C(N)C1CCCC1C. The van der Waals surface area contributed by atoms with Gasteiger partial charge in [-0.1, -0.05) is 44.9 Å². The van der Waals surface area contributed by atoms with Gasteiger partial charge < -0.3 is 10.2 Å². The Morgan fingerprint density at radius 2 is 2.11 bits per heavy atom. The van der Waals surface area contributed by atoms with Gasteiger partial charge in [0.15, 0.2) is 0 Å². The average molecular weight is 257 g/mol. The van der Waals surface area contributed by atoms with Crippen LogP contribution in [-0.4, -0.2) is 0 Å². The van der Waals surface area contributed by atoms with Crippen LogP contribution in [0.15, 0.2) is 28.7 Å². The molecule has 0 radical (unpaired) electrons. The number of furan rings is 1. The standard InChI is InChI=1S/C17H23NO/c1-3-14-16(13-8-4-5-10-15(13)19-14)17(18)12-9-6-7-11(12)2/h4-5,8,10-12,17H,3,6-7,9,18H2,1-2H3. The monoisotopic (exact) mass is 257 g/mol. The second-order valence-corrected chi connectivity index (χ2v) is 5.89. The zero-order chi connectivity index (χ0) is 13.4.